The highest BCUT2D eigenvalue weighted by Crippen LogP contribution is 2.16. The highest BCUT2D eigenvalue weighted by atomic mass is 19.1. The summed E-state index contributed by atoms with van der Waals surface area (Å²) in [6.45, 7) is 1.37. The number of ether oxygens (including phenoxy) is 1. The van der Waals surface area contributed by atoms with E-state index in [1.54, 1.807) is 0 Å². The van der Waals surface area contributed by atoms with Crippen molar-refractivity contribution in [2.75, 3.05) is 23.8 Å². The van der Waals surface area contributed by atoms with E-state index in [0.717, 1.165) is 31.6 Å². The number of carbonyl (C=O) groups excluding carboxylic acids is 1. The van der Waals surface area contributed by atoms with E-state index in [-0.39, 0.29) is 17.4 Å². The molecule has 1 aromatic heterocycles. The van der Waals surface area contributed by atoms with Crippen LogP contribution in [0.2, 0.25) is 0 Å². The molecule has 0 saturated carbocycles. The van der Waals surface area contributed by atoms with Gasteiger partial charge in [-0.3, -0.25) is 4.79 Å². The molecule has 2 aromatic rings. The second-order valence-electron chi connectivity index (χ2n) is 5.39. The first kappa shape index (κ1) is 16.3. The van der Waals surface area contributed by atoms with E-state index in [4.69, 9.17) is 4.74 Å². The molecule has 1 aliphatic heterocycles. The maximum Gasteiger partial charge on any atom is 0.258 e. The molecule has 24 heavy (non-hydrogen) atoms. The lowest BCUT2D eigenvalue weighted by molar-refractivity contribution is 0.102. The Labute approximate surface area is 137 Å². The van der Waals surface area contributed by atoms with Gasteiger partial charge in [-0.05, 0) is 25.0 Å². The Kier molecular flexibility index (Phi) is 4.95. The average Bonchev–Trinajstić information content (AvgIpc) is 3.09. The molecule has 8 heteroatoms. The zero-order valence-electron chi connectivity index (χ0n) is 12.8. The van der Waals surface area contributed by atoms with Crippen molar-refractivity contribution in [2.24, 2.45) is 0 Å². The first-order valence-electron chi connectivity index (χ1n) is 7.56. The number of aromatic nitrogens is 2. The first-order chi connectivity index (χ1) is 11.6. The minimum atomic E-state index is -0.848. The second-order valence-corrected chi connectivity index (χ2v) is 5.39. The topological polar surface area (TPSA) is 76.1 Å². The van der Waals surface area contributed by atoms with Gasteiger partial charge >= 0.3 is 0 Å². The van der Waals surface area contributed by atoms with Gasteiger partial charge in [-0.15, -0.1) is 0 Å². The predicted molar refractivity (Wildman–Crippen MR) is 83.8 cm³/mol. The smallest absolute Gasteiger partial charge is 0.258 e. The Morgan fingerprint density at radius 1 is 1.29 bits per heavy atom. The minimum Gasteiger partial charge on any atom is -0.376 e. The molecule has 1 unspecified atom stereocenters. The van der Waals surface area contributed by atoms with Crippen molar-refractivity contribution < 1.29 is 18.3 Å². The average molecular weight is 334 g/mol. The number of benzene rings is 1. The molecule has 1 aliphatic rings. The third-order valence-corrected chi connectivity index (χ3v) is 3.61. The molecular weight excluding hydrogens is 318 g/mol. The van der Waals surface area contributed by atoms with Crippen LogP contribution in [0.3, 0.4) is 0 Å². The van der Waals surface area contributed by atoms with Gasteiger partial charge in [0.1, 0.15) is 11.6 Å². The van der Waals surface area contributed by atoms with Crippen LogP contribution in [0.1, 0.15) is 23.2 Å². The number of nitrogens with zero attached hydrogens (tertiary/aromatic N) is 2. The molecule has 0 radical (unpaired) electrons. The molecule has 0 bridgehead atoms. The van der Waals surface area contributed by atoms with Crippen LogP contribution in [-0.2, 0) is 4.74 Å². The summed E-state index contributed by atoms with van der Waals surface area (Å²) < 4.78 is 31.9. The van der Waals surface area contributed by atoms with E-state index in [1.807, 2.05) is 0 Å². The van der Waals surface area contributed by atoms with Gasteiger partial charge < -0.3 is 15.4 Å². The summed E-state index contributed by atoms with van der Waals surface area (Å²) in [5.74, 6) is -1.75. The molecule has 1 fully saturated rings. The van der Waals surface area contributed by atoms with Gasteiger partial charge in [-0.25, -0.2) is 18.7 Å². The molecule has 3 rings (SSSR count). The van der Waals surface area contributed by atoms with Crippen LogP contribution in [0.5, 0.6) is 0 Å². The lowest BCUT2D eigenvalue weighted by Crippen LogP contribution is -2.20. The number of anilines is 2. The van der Waals surface area contributed by atoms with Gasteiger partial charge in [0.25, 0.3) is 5.91 Å². The monoisotopic (exact) mass is 334 g/mol. The van der Waals surface area contributed by atoms with Crippen molar-refractivity contribution in [1.82, 2.24) is 9.97 Å². The van der Waals surface area contributed by atoms with E-state index in [0.29, 0.717) is 18.6 Å². The van der Waals surface area contributed by atoms with Crippen molar-refractivity contribution in [1.29, 1.82) is 0 Å². The third-order valence-electron chi connectivity index (χ3n) is 3.61. The van der Waals surface area contributed by atoms with E-state index in [9.17, 15) is 13.6 Å². The van der Waals surface area contributed by atoms with Crippen LogP contribution in [0, 0.1) is 11.6 Å². The van der Waals surface area contributed by atoms with Crippen molar-refractivity contribution in [3.8, 4) is 0 Å². The molecule has 1 atom stereocenters. The molecule has 1 aromatic carbocycles. The Morgan fingerprint density at radius 2 is 2.08 bits per heavy atom. The molecule has 1 saturated heterocycles. The summed E-state index contributed by atoms with van der Waals surface area (Å²) >= 11 is 0. The van der Waals surface area contributed by atoms with Gasteiger partial charge in [-0.1, -0.05) is 0 Å². The third kappa shape index (κ3) is 4.02. The first-order valence-corrected chi connectivity index (χ1v) is 7.56. The molecule has 6 nitrogen and oxygen atoms in total. The predicted octanol–water partition coefficient (Wildman–Crippen LogP) is 2.60. The summed E-state index contributed by atoms with van der Waals surface area (Å²) in [4.78, 5) is 20.1. The molecule has 126 valence electrons. The fourth-order valence-corrected chi connectivity index (χ4v) is 2.33. The maximum atomic E-state index is 13.5. The molecule has 2 N–H and O–H groups in total. The SMILES string of the molecule is O=C(Nc1ccc(F)cc1F)c1cnc(NCC2CCCO2)nc1. The van der Waals surface area contributed by atoms with E-state index in [1.165, 1.54) is 12.4 Å². The van der Waals surface area contributed by atoms with E-state index < -0.39 is 17.5 Å². The molecular formula is C16H16F2N4O2. The van der Waals surface area contributed by atoms with Gasteiger partial charge in [0.2, 0.25) is 5.95 Å². The van der Waals surface area contributed by atoms with Gasteiger partial charge in [0, 0.05) is 31.6 Å². The minimum absolute atomic E-state index is 0.109. The largest absolute Gasteiger partial charge is 0.376 e. The van der Waals surface area contributed by atoms with Crippen molar-refractivity contribution in [2.45, 2.75) is 18.9 Å². The normalized spacial score (nSPS) is 16.8. The van der Waals surface area contributed by atoms with Gasteiger partial charge in [0.05, 0.1) is 17.4 Å². The van der Waals surface area contributed by atoms with Crippen molar-refractivity contribution >= 4 is 17.5 Å². The highest BCUT2D eigenvalue weighted by Gasteiger charge is 2.16. The van der Waals surface area contributed by atoms with Crippen LogP contribution in [0.25, 0.3) is 0 Å². The Bertz CT molecular complexity index is 719. The number of nitrogens with one attached hydrogen (secondary N) is 2. The summed E-state index contributed by atoms with van der Waals surface area (Å²) in [6.07, 6.45) is 4.87. The summed E-state index contributed by atoms with van der Waals surface area (Å²) in [6, 6.07) is 2.92. The molecule has 2 heterocycles. The fourth-order valence-electron chi connectivity index (χ4n) is 2.33. The second kappa shape index (κ2) is 7.31. The molecule has 0 aliphatic carbocycles. The maximum absolute atomic E-state index is 13.5. The Hall–Kier alpha value is -2.61. The van der Waals surface area contributed by atoms with Crippen molar-refractivity contribution in [3.05, 3.63) is 47.8 Å². The number of amides is 1. The number of hydrogen-bond acceptors (Lipinski definition) is 5. The zero-order chi connectivity index (χ0) is 16.9. The standard InChI is InChI=1S/C16H16F2N4O2/c17-11-3-4-14(13(18)6-11)22-15(23)10-7-19-16(20-8-10)21-9-12-2-1-5-24-12/h3-4,6-8,12H,1-2,5,9H2,(H,22,23)(H,19,20,21). The zero-order valence-corrected chi connectivity index (χ0v) is 12.8. The van der Waals surface area contributed by atoms with Crippen LogP contribution in [-0.4, -0.2) is 35.1 Å². The number of rotatable bonds is 5. The van der Waals surface area contributed by atoms with Crippen LogP contribution in [0.15, 0.2) is 30.6 Å². The number of halogens is 2. The quantitative estimate of drug-likeness (QED) is 0.879. The number of carbonyl (C=O) groups is 1. The number of hydrogen-bond donors (Lipinski definition) is 2. The Balaban J connectivity index is 1.58. The Morgan fingerprint density at radius 3 is 2.75 bits per heavy atom. The molecule has 0 spiro atoms. The lowest BCUT2D eigenvalue weighted by Gasteiger charge is -2.10. The molecule has 1 amide bonds. The van der Waals surface area contributed by atoms with E-state index in [2.05, 4.69) is 20.6 Å². The fraction of sp³-hybridized carbons (Fsp3) is 0.312. The summed E-state index contributed by atoms with van der Waals surface area (Å²) in [5, 5.41) is 5.39. The van der Waals surface area contributed by atoms with Crippen LogP contribution < -0.4 is 10.6 Å². The van der Waals surface area contributed by atoms with Crippen LogP contribution in [0.4, 0.5) is 20.4 Å². The highest BCUT2D eigenvalue weighted by molar-refractivity contribution is 6.03. The summed E-state index contributed by atoms with van der Waals surface area (Å²) in [7, 11) is 0. The summed E-state index contributed by atoms with van der Waals surface area (Å²) in [5.41, 5.74) is 0.0587. The lowest BCUT2D eigenvalue weighted by atomic mass is 10.2. The van der Waals surface area contributed by atoms with E-state index >= 15 is 0 Å². The van der Waals surface area contributed by atoms with Crippen LogP contribution >= 0.6 is 0 Å². The van der Waals surface area contributed by atoms with Crippen molar-refractivity contribution in [3.63, 3.8) is 0 Å². The van der Waals surface area contributed by atoms with Gasteiger partial charge in [-0.2, -0.15) is 0 Å². The van der Waals surface area contributed by atoms with Gasteiger partial charge in [0.15, 0.2) is 0 Å².